The van der Waals surface area contributed by atoms with Gasteiger partial charge in [-0.25, -0.2) is 9.37 Å². The van der Waals surface area contributed by atoms with Crippen LogP contribution in [0.1, 0.15) is 5.56 Å². The zero-order chi connectivity index (χ0) is 12.7. The predicted octanol–water partition coefficient (Wildman–Crippen LogP) is 4.60. The summed E-state index contributed by atoms with van der Waals surface area (Å²) >= 11 is 6.02. The summed E-state index contributed by atoms with van der Waals surface area (Å²) in [5, 5.41) is 0.629. The Kier molecular flexibility index (Phi) is 2.56. The molecule has 0 unspecified atom stereocenters. The van der Waals surface area contributed by atoms with Crippen molar-refractivity contribution in [3.05, 3.63) is 52.8 Å². The molecule has 0 atom stereocenters. The van der Waals surface area contributed by atoms with E-state index in [1.54, 1.807) is 18.2 Å². The van der Waals surface area contributed by atoms with Crippen LogP contribution in [-0.2, 0) is 0 Å². The fourth-order valence-electron chi connectivity index (χ4n) is 1.80. The van der Waals surface area contributed by atoms with Gasteiger partial charge in [-0.1, -0.05) is 17.7 Å². The molecule has 1 aromatic heterocycles. The summed E-state index contributed by atoms with van der Waals surface area (Å²) in [7, 11) is 0. The van der Waals surface area contributed by atoms with Gasteiger partial charge in [-0.15, -0.1) is 0 Å². The Balaban J connectivity index is 2.19. The lowest BCUT2D eigenvalue weighted by molar-refractivity contribution is 0.611. The van der Waals surface area contributed by atoms with Crippen molar-refractivity contribution in [2.45, 2.75) is 6.92 Å². The van der Waals surface area contributed by atoms with Crippen molar-refractivity contribution in [1.82, 2.24) is 4.98 Å². The van der Waals surface area contributed by atoms with Crippen LogP contribution in [0.4, 0.5) is 4.39 Å². The number of hydrogen-bond acceptors (Lipinski definition) is 2. The molecule has 2 aromatic carbocycles. The average molecular weight is 262 g/mol. The number of halogens is 2. The molecule has 0 amide bonds. The first-order chi connectivity index (χ1) is 8.63. The lowest BCUT2D eigenvalue weighted by Gasteiger charge is -1.94. The maximum Gasteiger partial charge on any atom is 0.227 e. The summed E-state index contributed by atoms with van der Waals surface area (Å²) in [6, 6.07) is 9.72. The predicted molar refractivity (Wildman–Crippen MR) is 69.2 cm³/mol. The molecule has 0 fully saturated rings. The van der Waals surface area contributed by atoms with Crippen LogP contribution >= 0.6 is 11.6 Å². The second-order valence-corrected chi connectivity index (χ2v) is 4.51. The third-order valence-corrected chi connectivity index (χ3v) is 3.15. The van der Waals surface area contributed by atoms with Crippen LogP contribution in [0.2, 0.25) is 5.02 Å². The number of benzene rings is 2. The van der Waals surface area contributed by atoms with Gasteiger partial charge in [0, 0.05) is 16.7 Å². The molecule has 0 bridgehead atoms. The van der Waals surface area contributed by atoms with Gasteiger partial charge in [0.2, 0.25) is 5.89 Å². The number of nitrogens with zero attached hydrogens (tertiary/aromatic N) is 1. The van der Waals surface area contributed by atoms with Crippen LogP contribution in [0.25, 0.3) is 22.6 Å². The molecular formula is C14H9ClFNO. The van der Waals surface area contributed by atoms with Gasteiger partial charge in [0.25, 0.3) is 0 Å². The molecule has 0 saturated carbocycles. The molecule has 3 rings (SSSR count). The van der Waals surface area contributed by atoms with E-state index in [9.17, 15) is 4.39 Å². The fourth-order valence-corrected chi connectivity index (χ4v) is 1.95. The summed E-state index contributed by atoms with van der Waals surface area (Å²) < 4.78 is 18.7. The van der Waals surface area contributed by atoms with E-state index in [0.717, 1.165) is 11.1 Å². The first-order valence-electron chi connectivity index (χ1n) is 5.46. The quantitative estimate of drug-likeness (QED) is 0.640. The lowest BCUT2D eigenvalue weighted by atomic mass is 10.2. The van der Waals surface area contributed by atoms with Crippen molar-refractivity contribution in [1.29, 1.82) is 0 Å². The second kappa shape index (κ2) is 4.10. The van der Waals surface area contributed by atoms with Gasteiger partial charge in [-0.05, 0) is 36.8 Å². The Bertz CT molecular complexity index is 697. The molecule has 2 nitrogen and oxygen atoms in total. The summed E-state index contributed by atoms with van der Waals surface area (Å²) in [5.41, 5.74) is 2.87. The Labute approximate surface area is 108 Å². The maximum absolute atomic E-state index is 13.1. The van der Waals surface area contributed by atoms with E-state index < -0.39 is 0 Å². The number of aryl methyl sites for hydroxylation is 1. The van der Waals surface area contributed by atoms with E-state index >= 15 is 0 Å². The first-order valence-corrected chi connectivity index (χ1v) is 5.84. The van der Waals surface area contributed by atoms with Crippen molar-refractivity contribution in [3.63, 3.8) is 0 Å². The highest BCUT2D eigenvalue weighted by Crippen LogP contribution is 2.28. The van der Waals surface area contributed by atoms with E-state index in [4.69, 9.17) is 16.0 Å². The van der Waals surface area contributed by atoms with Gasteiger partial charge in [0.05, 0.1) is 0 Å². The molecule has 0 spiro atoms. The fraction of sp³-hybridized carbons (Fsp3) is 0.0714. The summed E-state index contributed by atoms with van der Waals surface area (Å²) in [6.45, 7) is 1.90. The Morgan fingerprint density at radius 2 is 2.06 bits per heavy atom. The maximum atomic E-state index is 13.1. The van der Waals surface area contributed by atoms with Crippen molar-refractivity contribution >= 4 is 22.7 Å². The van der Waals surface area contributed by atoms with Gasteiger partial charge < -0.3 is 4.42 Å². The van der Waals surface area contributed by atoms with Crippen molar-refractivity contribution in [2.75, 3.05) is 0 Å². The van der Waals surface area contributed by atoms with Crippen molar-refractivity contribution < 1.29 is 8.81 Å². The third-order valence-electron chi connectivity index (χ3n) is 2.74. The monoisotopic (exact) mass is 261 g/mol. The number of rotatable bonds is 1. The van der Waals surface area contributed by atoms with Crippen molar-refractivity contribution in [3.8, 4) is 11.5 Å². The molecule has 4 heteroatoms. The number of fused-ring (bicyclic) bond motifs is 1. The summed E-state index contributed by atoms with van der Waals surface area (Å²) in [5.74, 6) is 0.0788. The topological polar surface area (TPSA) is 26.0 Å². The molecule has 0 aliphatic rings. The van der Waals surface area contributed by atoms with Crippen LogP contribution in [0.3, 0.4) is 0 Å². The van der Waals surface area contributed by atoms with Gasteiger partial charge in [0.1, 0.15) is 11.3 Å². The molecule has 0 saturated heterocycles. The number of aromatic nitrogens is 1. The van der Waals surface area contributed by atoms with E-state index in [-0.39, 0.29) is 5.82 Å². The minimum atomic E-state index is -0.316. The van der Waals surface area contributed by atoms with E-state index in [1.807, 2.05) is 13.0 Å². The minimum Gasteiger partial charge on any atom is -0.436 e. The van der Waals surface area contributed by atoms with Crippen molar-refractivity contribution in [2.24, 2.45) is 0 Å². The minimum absolute atomic E-state index is 0.316. The molecule has 0 radical (unpaired) electrons. The van der Waals surface area contributed by atoms with E-state index in [0.29, 0.717) is 22.1 Å². The average Bonchev–Trinajstić information content (AvgIpc) is 2.73. The molecular weight excluding hydrogens is 253 g/mol. The van der Waals surface area contributed by atoms with Crippen LogP contribution in [-0.4, -0.2) is 4.98 Å². The highest BCUT2D eigenvalue weighted by Gasteiger charge is 2.10. The third kappa shape index (κ3) is 1.87. The number of oxazole rings is 1. The van der Waals surface area contributed by atoms with E-state index in [2.05, 4.69) is 4.98 Å². The molecule has 18 heavy (non-hydrogen) atoms. The van der Waals surface area contributed by atoms with Gasteiger partial charge in [-0.3, -0.25) is 0 Å². The van der Waals surface area contributed by atoms with Crippen LogP contribution in [0.15, 0.2) is 40.8 Å². The highest BCUT2D eigenvalue weighted by molar-refractivity contribution is 6.32. The Morgan fingerprint density at radius 3 is 2.83 bits per heavy atom. The van der Waals surface area contributed by atoms with E-state index in [1.165, 1.54) is 12.1 Å². The van der Waals surface area contributed by atoms with Gasteiger partial charge in [0.15, 0.2) is 5.58 Å². The first kappa shape index (κ1) is 11.2. The highest BCUT2D eigenvalue weighted by atomic mass is 35.5. The molecule has 0 aliphatic carbocycles. The molecule has 3 aromatic rings. The molecule has 0 aliphatic heterocycles. The normalized spacial score (nSPS) is 11.1. The zero-order valence-electron chi connectivity index (χ0n) is 9.58. The van der Waals surface area contributed by atoms with Crippen LogP contribution < -0.4 is 0 Å². The SMILES string of the molecule is Cc1cc2nc(-c3cccc(F)c3)oc2cc1Cl. The Morgan fingerprint density at radius 1 is 1.22 bits per heavy atom. The lowest BCUT2D eigenvalue weighted by Crippen LogP contribution is -1.79. The summed E-state index contributed by atoms with van der Waals surface area (Å²) in [4.78, 5) is 4.33. The number of hydrogen-bond donors (Lipinski definition) is 0. The standard InChI is InChI=1S/C14H9ClFNO/c1-8-5-12-13(7-11(8)15)18-14(17-12)9-3-2-4-10(16)6-9/h2-7H,1H3. The van der Waals surface area contributed by atoms with Crippen LogP contribution in [0, 0.1) is 12.7 Å². The molecule has 1 heterocycles. The second-order valence-electron chi connectivity index (χ2n) is 4.10. The molecule has 0 N–H and O–H groups in total. The van der Waals surface area contributed by atoms with Gasteiger partial charge in [-0.2, -0.15) is 0 Å². The zero-order valence-corrected chi connectivity index (χ0v) is 10.3. The summed E-state index contributed by atoms with van der Waals surface area (Å²) in [6.07, 6.45) is 0. The smallest absolute Gasteiger partial charge is 0.227 e. The Hall–Kier alpha value is -1.87. The molecule has 90 valence electrons. The van der Waals surface area contributed by atoms with Crippen LogP contribution in [0.5, 0.6) is 0 Å². The largest absolute Gasteiger partial charge is 0.436 e. The van der Waals surface area contributed by atoms with Gasteiger partial charge >= 0.3 is 0 Å².